The van der Waals surface area contributed by atoms with E-state index in [9.17, 15) is 37.2 Å². The summed E-state index contributed by atoms with van der Waals surface area (Å²) in [5.41, 5.74) is 0.969. The van der Waals surface area contributed by atoms with Crippen LogP contribution >= 0.6 is 11.6 Å². The van der Waals surface area contributed by atoms with Crippen molar-refractivity contribution in [2.24, 2.45) is 5.92 Å². The Morgan fingerprint density at radius 2 is 1.29 bits per heavy atom. The molecule has 52 heavy (non-hydrogen) atoms. The van der Waals surface area contributed by atoms with Crippen molar-refractivity contribution in [1.82, 2.24) is 21.3 Å². The van der Waals surface area contributed by atoms with Crippen LogP contribution in [0.2, 0.25) is 0 Å². The number of hydrogen-bond acceptors (Lipinski definition) is 11. The third-order valence-corrected chi connectivity index (χ3v) is 8.94. The second kappa shape index (κ2) is 21.4. The summed E-state index contributed by atoms with van der Waals surface area (Å²) in [4.78, 5) is 78.5. The SMILES string of the molecule is CCOC(=O)C[C@@H](/C=C(\Cl)S(C)(=O)=O)NC(=O)[C@H](NC(=O)[C@@H](NC(=O)[C@H](CC(=O)OCC)NC(=O)OCc1ccccc1)c1ccccc1)C(C)C. The highest BCUT2D eigenvalue weighted by atomic mass is 35.5. The summed E-state index contributed by atoms with van der Waals surface area (Å²) < 4.78 is 38.5. The molecule has 0 aliphatic heterocycles. The molecule has 0 radical (unpaired) electrons. The van der Waals surface area contributed by atoms with Gasteiger partial charge in [-0.15, -0.1) is 0 Å². The standard InChI is InChI=1S/C35H45ClN4O11S/c1-6-49-28(41)19-25(18-27(36)52(5,47)48)37-33(44)30(22(3)4)39-34(45)31(24-16-12-9-13-17-24)40-32(43)26(20-29(42)50-7-2)38-35(46)51-21-23-14-10-8-11-15-23/h8-18,22,25-26,30-31H,6-7,19-21H2,1-5H3,(H,37,44)(H,38,46)(H,39,45)(H,40,43)/b27-18+/t25-,26+,30-,31+/m1/s1. The van der Waals surface area contributed by atoms with Crippen molar-refractivity contribution in [1.29, 1.82) is 0 Å². The molecule has 0 heterocycles. The van der Waals surface area contributed by atoms with E-state index in [-0.39, 0.29) is 19.8 Å². The maximum absolute atomic E-state index is 13.9. The third kappa shape index (κ3) is 15.1. The number of alkyl carbamates (subject to hydrolysis) is 1. The number of benzene rings is 2. The molecule has 15 nitrogen and oxygen atoms in total. The normalized spacial score (nSPS) is 13.8. The van der Waals surface area contributed by atoms with E-state index in [1.54, 1.807) is 88.4 Å². The van der Waals surface area contributed by atoms with Gasteiger partial charge in [0.2, 0.25) is 17.7 Å². The molecule has 2 aromatic rings. The largest absolute Gasteiger partial charge is 0.466 e. The molecule has 4 amide bonds. The van der Waals surface area contributed by atoms with Crippen molar-refractivity contribution >= 4 is 57.2 Å². The van der Waals surface area contributed by atoms with Crippen molar-refractivity contribution < 1.29 is 51.4 Å². The summed E-state index contributed by atoms with van der Waals surface area (Å²) in [6, 6.07) is 11.3. The highest BCUT2D eigenvalue weighted by molar-refractivity contribution is 7.96. The Morgan fingerprint density at radius 1 is 0.731 bits per heavy atom. The first-order valence-electron chi connectivity index (χ1n) is 16.4. The average molecular weight is 765 g/mol. The van der Waals surface area contributed by atoms with Crippen molar-refractivity contribution in [3.63, 3.8) is 0 Å². The topological polar surface area (TPSA) is 212 Å². The number of nitrogens with one attached hydrogen (secondary N) is 4. The van der Waals surface area contributed by atoms with Gasteiger partial charge >= 0.3 is 18.0 Å². The Hall–Kier alpha value is -4.96. The summed E-state index contributed by atoms with van der Waals surface area (Å²) >= 11 is 5.93. The molecule has 4 N–H and O–H groups in total. The fourth-order valence-electron chi connectivity index (χ4n) is 4.57. The Balaban J connectivity index is 2.35. The van der Waals surface area contributed by atoms with Crippen LogP contribution < -0.4 is 21.3 Å². The third-order valence-electron chi connectivity index (χ3n) is 7.13. The summed E-state index contributed by atoms with van der Waals surface area (Å²) in [5.74, 6) is -4.69. The number of sulfone groups is 1. The van der Waals surface area contributed by atoms with Crippen molar-refractivity contribution in [2.45, 2.75) is 71.3 Å². The summed E-state index contributed by atoms with van der Waals surface area (Å²) in [6.07, 6.45) is -0.224. The van der Waals surface area contributed by atoms with E-state index < -0.39 is 92.9 Å². The second-order valence-corrected chi connectivity index (χ2v) is 14.3. The van der Waals surface area contributed by atoms with Crippen LogP contribution in [0.25, 0.3) is 0 Å². The maximum atomic E-state index is 13.9. The molecule has 0 unspecified atom stereocenters. The Labute approximate surface area is 308 Å². The van der Waals surface area contributed by atoms with Crippen LogP contribution in [0.4, 0.5) is 4.79 Å². The van der Waals surface area contributed by atoms with Gasteiger partial charge in [0.25, 0.3) is 0 Å². The zero-order valence-corrected chi connectivity index (χ0v) is 31.1. The molecule has 0 bridgehead atoms. The van der Waals surface area contributed by atoms with Gasteiger partial charge in [0, 0.05) is 6.26 Å². The molecule has 0 fully saturated rings. The number of carbonyl (C=O) groups is 6. The molecule has 17 heteroatoms. The first-order chi connectivity index (χ1) is 24.5. The van der Waals surface area contributed by atoms with Gasteiger partial charge in [0.1, 0.15) is 29.1 Å². The molecule has 2 aromatic carbocycles. The number of ether oxygens (including phenoxy) is 3. The van der Waals surface area contributed by atoms with Gasteiger partial charge in [-0.2, -0.15) is 0 Å². The van der Waals surface area contributed by atoms with Crippen molar-refractivity contribution in [3.8, 4) is 0 Å². The number of halogens is 1. The predicted molar refractivity (Wildman–Crippen MR) is 191 cm³/mol. The molecule has 0 aromatic heterocycles. The average Bonchev–Trinajstić information content (AvgIpc) is 3.08. The first-order valence-corrected chi connectivity index (χ1v) is 18.6. The molecular weight excluding hydrogens is 720 g/mol. The number of esters is 2. The van der Waals surface area contributed by atoms with Crippen LogP contribution in [0.15, 0.2) is 71.1 Å². The first kappa shape index (κ1) is 43.2. The van der Waals surface area contributed by atoms with Crippen LogP contribution in [0.3, 0.4) is 0 Å². The number of carbonyl (C=O) groups excluding carboxylic acids is 6. The molecule has 0 saturated carbocycles. The lowest BCUT2D eigenvalue weighted by atomic mass is 10.00. The summed E-state index contributed by atoms with van der Waals surface area (Å²) in [5, 5.41) is 10.0. The van der Waals surface area contributed by atoms with Gasteiger partial charge in [-0.05, 0) is 37.0 Å². The minimum absolute atomic E-state index is 0.0101. The molecule has 284 valence electrons. The van der Waals surface area contributed by atoms with Gasteiger partial charge in [0.15, 0.2) is 9.84 Å². The van der Waals surface area contributed by atoms with E-state index in [0.717, 1.165) is 12.3 Å². The van der Waals surface area contributed by atoms with E-state index in [4.69, 9.17) is 25.8 Å². The zero-order valence-electron chi connectivity index (χ0n) is 29.6. The van der Waals surface area contributed by atoms with Gasteiger partial charge in [-0.1, -0.05) is 86.1 Å². The smallest absolute Gasteiger partial charge is 0.408 e. The molecule has 0 aliphatic rings. The fourth-order valence-corrected chi connectivity index (χ4v) is 5.13. The van der Waals surface area contributed by atoms with Crippen LogP contribution in [0.5, 0.6) is 0 Å². The minimum atomic E-state index is -3.88. The second-order valence-electron chi connectivity index (χ2n) is 11.7. The molecule has 0 saturated heterocycles. The van der Waals surface area contributed by atoms with Gasteiger partial charge in [0.05, 0.1) is 32.1 Å². The predicted octanol–water partition coefficient (Wildman–Crippen LogP) is 2.80. The molecule has 0 spiro atoms. The lowest BCUT2D eigenvalue weighted by molar-refractivity contribution is -0.145. The quantitative estimate of drug-likeness (QED) is 0.121. The van der Waals surface area contributed by atoms with Crippen LogP contribution in [0.1, 0.15) is 57.7 Å². The van der Waals surface area contributed by atoms with Crippen LogP contribution in [0, 0.1) is 5.92 Å². The van der Waals surface area contributed by atoms with Crippen LogP contribution in [-0.2, 0) is 54.6 Å². The Bertz CT molecular complexity index is 1670. The highest BCUT2D eigenvalue weighted by Gasteiger charge is 2.34. The van der Waals surface area contributed by atoms with E-state index in [0.29, 0.717) is 11.1 Å². The summed E-state index contributed by atoms with van der Waals surface area (Å²) in [7, 11) is -3.88. The monoisotopic (exact) mass is 764 g/mol. The Morgan fingerprint density at radius 3 is 1.83 bits per heavy atom. The molecule has 0 aliphatic carbocycles. The summed E-state index contributed by atoms with van der Waals surface area (Å²) in [6.45, 7) is 6.32. The molecular formula is C35H45ClN4O11S. The highest BCUT2D eigenvalue weighted by Crippen LogP contribution is 2.17. The van der Waals surface area contributed by atoms with Crippen molar-refractivity contribution in [3.05, 3.63) is 82.2 Å². The van der Waals surface area contributed by atoms with E-state index in [1.807, 2.05) is 0 Å². The molecule has 4 atom stereocenters. The van der Waals surface area contributed by atoms with E-state index in [1.165, 1.54) is 0 Å². The zero-order chi connectivity index (χ0) is 38.8. The molecule has 2 rings (SSSR count). The van der Waals surface area contributed by atoms with Gasteiger partial charge in [-0.3, -0.25) is 24.0 Å². The van der Waals surface area contributed by atoms with Gasteiger partial charge in [-0.25, -0.2) is 13.2 Å². The lowest BCUT2D eigenvalue weighted by Crippen LogP contribution is -2.56. The number of rotatable bonds is 19. The number of amides is 4. The van der Waals surface area contributed by atoms with E-state index >= 15 is 0 Å². The minimum Gasteiger partial charge on any atom is -0.466 e. The van der Waals surface area contributed by atoms with Gasteiger partial charge < -0.3 is 35.5 Å². The number of hydrogen-bond donors (Lipinski definition) is 4. The fraction of sp³-hybridized carbons (Fsp3) is 0.429. The van der Waals surface area contributed by atoms with Crippen molar-refractivity contribution in [2.75, 3.05) is 19.5 Å². The van der Waals surface area contributed by atoms with Crippen LogP contribution in [-0.4, -0.2) is 81.8 Å². The van der Waals surface area contributed by atoms with E-state index in [2.05, 4.69) is 21.3 Å². The Kier molecular flexibility index (Phi) is 17.8. The maximum Gasteiger partial charge on any atom is 0.408 e. The lowest BCUT2D eigenvalue weighted by Gasteiger charge is -2.28.